The van der Waals surface area contributed by atoms with Gasteiger partial charge in [0.25, 0.3) is 0 Å². The number of carbonyl (C=O) groups is 4. The zero-order valence-corrected chi connectivity index (χ0v) is 21.6. The summed E-state index contributed by atoms with van der Waals surface area (Å²) < 4.78 is 10.7. The van der Waals surface area contributed by atoms with Crippen LogP contribution in [0.3, 0.4) is 0 Å². The molecule has 2 unspecified atom stereocenters. The largest absolute Gasteiger partial charge is 0.445 e. The molecule has 1 fully saturated rings. The van der Waals surface area contributed by atoms with Crippen molar-refractivity contribution in [1.82, 2.24) is 15.5 Å². The van der Waals surface area contributed by atoms with Crippen molar-refractivity contribution in [2.24, 2.45) is 5.92 Å². The number of alkyl carbamates (subject to hydrolysis) is 1. The first kappa shape index (κ1) is 28.1. The van der Waals surface area contributed by atoms with Gasteiger partial charge < -0.3 is 20.1 Å². The number of ether oxygens (including phenoxy) is 2. The molecule has 1 aliphatic heterocycles. The normalized spacial score (nSPS) is 19.5. The second-order valence-corrected chi connectivity index (χ2v) is 10.5. The molecule has 9 heteroatoms. The highest BCUT2D eigenvalue weighted by molar-refractivity contribution is 5.94. The maximum Gasteiger partial charge on any atom is 0.410 e. The predicted molar refractivity (Wildman–Crippen MR) is 132 cm³/mol. The molecule has 1 heterocycles. The van der Waals surface area contributed by atoms with Crippen molar-refractivity contribution >= 4 is 23.9 Å². The molecule has 0 radical (unpaired) electrons. The molecule has 0 spiro atoms. The van der Waals surface area contributed by atoms with Crippen LogP contribution in [0.15, 0.2) is 30.3 Å². The number of likely N-dealkylation sites (tertiary alicyclic amines) is 1. The van der Waals surface area contributed by atoms with E-state index in [4.69, 9.17) is 9.47 Å². The smallest absolute Gasteiger partial charge is 0.410 e. The van der Waals surface area contributed by atoms with Gasteiger partial charge in [-0.3, -0.25) is 14.5 Å². The highest BCUT2D eigenvalue weighted by Gasteiger charge is 2.34. The molecular formula is C26H39N3O6. The molecule has 0 aromatic heterocycles. The molecule has 35 heavy (non-hydrogen) atoms. The van der Waals surface area contributed by atoms with Gasteiger partial charge in [0.15, 0.2) is 5.78 Å². The number of rotatable bonds is 7. The van der Waals surface area contributed by atoms with Gasteiger partial charge in [-0.15, -0.1) is 0 Å². The van der Waals surface area contributed by atoms with E-state index < -0.39 is 35.8 Å². The van der Waals surface area contributed by atoms with Gasteiger partial charge in [0, 0.05) is 6.04 Å². The number of carbonyl (C=O) groups excluding carboxylic acids is 4. The first-order chi connectivity index (χ1) is 16.4. The average molecular weight is 490 g/mol. The molecule has 0 saturated carbocycles. The van der Waals surface area contributed by atoms with Crippen LogP contribution in [0.25, 0.3) is 0 Å². The van der Waals surface area contributed by atoms with Gasteiger partial charge >= 0.3 is 12.2 Å². The van der Waals surface area contributed by atoms with Gasteiger partial charge in [-0.1, -0.05) is 44.2 Å². The second-order valence-electron chi connectivity index (χ2n) is 10.5. The maximum absolute atomic E-state index is 13.0. The Morgan fingerprint density at radius 1 is 1.11 bits per heavy atom. The number of ketones is 1. The van der Waals surface area contributed by atoms with Gasteiger partial charge in [0.05, 0.1) is 12.6 Å². The lowest BCUT2D eigenvalue weighted by Gasteiger charge is -2.26. The monoisotopic (exact) mass is 489 g/mol. The Balaban J connectivity index is 2.00. The molecule has 0 bridgehead atoms. The van der Waals surface area contributed by atoms with Crippen molar-refractivity contribution in [3.63, 3.8) is 0 Å². The van der Waals surface area contributed by atoms with Crippen LogP contribution < -0.4 is 10.6 Å². The standard InChI is InChI=1S/C26H39N3O6/c1-17(2)14-21(28-24(32)35-26(4,5)6)23(31)27-20-13-12-18(3)29(15-22(20)30)25(33)34-16-19-10-8-7-9-11-19/h7-11,17-18,20-21H,12-16H2,1-6H3,(H,27,31)(H,28,32)/t18-,20?,21?/m1/s1. The predicted octanol–water partition coefficient (Wildman–Crippen LogP) is 3.80. The number of benzene rings is 1. The van der Waals surface area contributed by atoms with E-state index in [0.29, 0.717) is 19.3 Å². The minimum atomic E-state index is -0.842. The summed E-state index contributed by atoms with van der Waals surface area (Å²) in [6, 6.07) is 7.48. The van der Waals surface area contributed by atoms with Gasteiger partial charge in [-0.25, -0.2) is 9.59 Å². The van der Waals surface area contributed by atoms with Gasteiger partial charge in [0.1, 0.15) is 18.2 Å². The molecule has 194 valence electrons. The van der Waals surface area contributed by atoms with Crippen LogP contribution in [0, 0.1) is 5.92 Å². The molecule has 3 atom stereocenters. The van der Waals surface area contributed by atoms with E-state index in [2.05, 4.69) is 10.6 Å². The zero-order chi connectivity index (χ0) is 26.2. The Morgan fingerprint density at radius 2 is 1.77 bits per heavy atom. The molecule has 9 nitrogen and oxygen atoms in total. The van der Waals surface area contributed by atoms with Crippen molar-refractivity contribution < 1.29 is 28.7 Å². The van der Waals surface area contributed by atoms with Crippen LogP contribution in [0.4, 0.5) is 9.59 Å². The lowest BCUT2D eigenvalue weighted by molar-refractivity contribution is -0.129. The van der Waals surface area contributed by atoms with E-state index in [1.54, 1.807) is 20.8 Å². The molecule has 2 N–H and O–H groups in total. The number of hydrogen-bond donors (Lipinski definition) is 2. The molecule has 3 amide bonds. The third-order valence-electron chi connectivity index (χ3n) is 5.59. The fourth-order valence-electron chi connectivity index (χ4n) is 3.78. The quantitative estimate of drug-likeness (QED) is 0.602. The highest BCUT2D eigenvalue weighted by atomic mass is 16.6. The van der Waals surface area contributed by atoms with Crippen LogP contribution in [-0.4, -0.2) is 59.0 Å². The topological polar surface area (TPSA) is 114 Å². The Kier molecular flexibility index (Phi) is 10.1. The summed E-state index contributed by atoms with van der Waals surface area (Å²) in [7, 11) is 0. The van der Waals surface area contributed by atoms with E-state index in [1.165, 1.54) is 4.90 Å². The summed E-state index contributed by atoms with van der Waals surface area (Å²) in [6.45, 7) is 10.9. The number of nitrogens with zero attached hydrogens (tertiary/aromatic N) is 1. The SMILES string of the molecule is CC(C)CC(NC(=O)OC(C)(C)C)C(=O)NC1CC[C@@H](C)N(C(=O)OCc2ccccc2)CC1=O. The third-order valence-corrected chi connectivity index (χ3v) is 5.59. The van der Waals surface area contributed by atoms with Gasteiger partial charge in [0.2, 0.25) is 5.91 Å². The van der Waals surface area contributed by atoms with Crippen LogP contribution in [-0.2, 0) is 25.7 Å². The zero-order valence-electron chi connectivity index (χ0n) is 21.6. The van der Waals surface area contributed by atoms with Gasteiger partial charge in [-0.2, -0.15) is 0 Å². The summed E-state index contributed by atoms with van der Waals surface area (Å²) in [4.78, 5) is 52.3. The molecule has 0 aliphatic carbocycles. The Hall–Kier alpha value is -3.10. The Labute approximate surface area is 207 Å². The number of hydrogen-bond acceptors (Lipinski definition) is 6. The summed E-state index contributed by atoms with van der Waals surface area (Å²) in [5.74, 6) is -0.601. The van der Waals surface area contributed by atoms with Crippen molar-refractivity contribution in [2.75, 3.05) is 6.54 Å². The van der Waals surface area contributed by atoms with Crippen LogP contribution in [0.5, 0.6) is 0 Å². The minimum absolute atomic E-state index is 0.116. The van der Waals surface area contributed by atoms with Crippen LogP contribution in [0.1, 0.15) is 66.4 Å². The summed E-state index contributed by atoms with van der Waals surface area (Å²) >= 11 is 0. The minimum Gasteiger partial charge on any atom is -0.445 e. The fourth-order valence-corrected chi connectivity index (χ4v) is 3.78. The average Bonchev–Trinajstić information content (AvgIpc) is 2.89. The number of Topliss-reactive ketones (excluding diaryl/α,β-unsaturated/α-hetero) is 1. The van der Waals surface area contributed by atoms with Crippen LogP contribution in [0.2, 0.25) is 0 Å². The van der Waals surface area contributed by atoms with Gasteiger partial charge in [-0.05, 0) is 58.4 Å². The first-order valence-electron chi connectivity index (χ1n) is 12.2. The van der Waals surface area contributed by atoms with Crippen molar-refractivity contribution in [3.8, 4) is 0 Å². The number of amides is 3. The fraction of sp³-hybridized carbons (Fsp3) is 0.615. The van der Waals surface area contributed by atoms with E-state index in [1.807, 2.05) is 51.1 Å². The van der Waals surface area contributed by atoms with E-state index in [9.17, 15) is 19.2 Å². The third kappa shape index (κ3) is 9.58. The summed E-state index contributed by atoms with van der Waals surface area (Å²) in [6.07, 6.45) is 0.0401. The molecule has 2 rings (SSSR count). The van der Waals surface area contributed by atoms with Crippen molar-refractivity contribution in [1.29, 1.82) is 0 Å². The second kappa shape index (κ2) is 12.6. The summed E-state index contributed by atoms with van der Waals surface area (Å²) in [5.41, 5.74) is 0.156. The molecule has 1 saturated heterocycles. The lowest BCUT2D eigenvalue weighted by atomic mass is 10.0. The highest BCUT2D eigenvalue weighted by Crippen LogP contribution is 2.18. The van der Waals surface area contributed by atoms with E-state index >= 15 is 0 Å². The van der Waals surface area contributed by atoms with E-state index in [-0.39, 0.29) is 30.9 Å². The molecule has 1 aromatic rings. The summed E-state index contributed by atoms with van der Waals surface area (Å²) in [5, 5.41) is 5.41. The molecular weight excluding hydrogens is 450 g/mol. The van der Waals surface area contributed by atoms with Crippen molar-refractivity contribution in [2.45, 2.75) is 91.1 Å². The number of nitrogens with one attached hydrogen (secondary N) is 2. The molecule has 1 aliphatic rings. The molecule has 1 aromatic carbocycles. The van der Waals surface area contributed by atoms with Crippen LogP contribution >= 0.6 is 0 Å². The Morgan fingerprint density at radius 3 is 2.37 bits per heavy atom. The van der Waals surface area contributed by atoms with E-state index in [0.717, 1.165) is 5.56 Å². The van der Waals surface area contributed by atoms with Crippen molar-refractivity contribution in [3.05, 3.63) is 35.9 Å². The first-order valence-corrected chi connectivity index (χ1v) is 12.2. The maximum atomic E-state index is 13.0. The lowest BCUT2D eigenvalue weighted by Crippen LogP contribution is -2.53. The Bertz CT molecular complexity index is 881.